The molecule has 1 aromatic rings. The van der Waals surface area contributed by atoms with E-state index in [2.05, 4.69) is 15.5 Å². The molecule has 0 radical (unpaired) electrons. The fourth-order valence-corrected chi connectivity index (χ4v) is 2.26. The van der Waals surface area contributed by atoms with Crippen LogP contribution in [0, 0.1) is 5.82 Å². The van der Waals surface area contributed by atoms with Crippen LogP contribution in [-0.4, -0.2) is 43.5 Å². The van der Waals surface area contributed by atoms with E-state index in [0.717, 1.165) is 32.6 Å². The summed E-state index contributed by atoms with van der Waals surface area (Å²) in [4.78, 5) is 14.0. The lowest BCUT2D eigenvalue weighted by molar-refractivity contribution is -0.117. The highest BCUT2D eigenvalue weighted by molar-refractivity contribution is 6.33. The van der Waals surface area contributed by atoms with Crippen molar-refractivity contribution in [2.45, 2.75) is 6.42 Å². The standard InChI is InChI=1S/C13H17ClFN3O.ClH/c14-11-8-10(15)2-3-12(11)17-13(19)9-18-6-1-4-16-5-7-18;/h2-3,8,16H,1,4-7,9H2,(H,17,19);1H. The van der Waals surface area contributed by atoms with Crippen LogP contribution in [0.15, 0.2) is 18.2 Å². The predicted molar refractivity (Wildman–Crippen MR) is 81.2 cm³/mol. The molecular formula is C13H18Cl2FN3O. The number of nitrogens with zero attached hydrogens (tertiary/aromatic N) is 1. The van der Waals surface area contributed by atoms with E-state index in [1.807, 2.05) is 0 Å². The zero-order valence-corrected chi connectivity index (χ0v) is 12.6. The molecule has 0 aliphatic carbocycles. The van der Waals surface area contributed by atoms with Crippen LogP contribution in [0.25, 0.3) is 0 Å². The Hall–Kier alpha value is -0.880. The lowest BCUT2D eigenvalue weighted by Gasteiger charge is -2.18. The predicted octanol–water partition coefficient (Wildman–Crippen LogP) is 2.13. The first-order valence-corrected chi connectivity index (χ1v) is 6.71. The van der Waals surface area contributed by atoms with Gasteiger partial charge in [-0.2, -0.15) is 0 Å². The smallest absolute Gasteiger partial charge is 0.238 e. The number of nitrogens with one attached hydrogen (secondary N) is 2. The van der Waals surface area contributed by atoms with Crippen molar-refractivity contribution in [1.29, 1.82) is 0 Å². The van der Waals surface area contributed by atoms with Crippen LogP contribution in [0.2, 0.25) is 5.02 Å². The molecule has 0 bridgehead atoms. The first-order valence-electron chi connectivity index (χ1n) is 6.33. The fourth-order valence-electron chi connectivity index (χ4n) is 2.04. The lowest BCUT2D eigenvalue weighted by atomic mass is 10.3. The summed E-state index contributed by atoms with van der Waals surface area (Å²) >= 11 is 5.86. The van der Waals surface area contributed by atoms with Crippen molar-refractivity contribution in [2.75, 3.05) is 38.0 Å². The Morgan fingerprint density at radius 2 is 2.20 bits per heavy atom. The molecule has 0 aromatic heterocycles. The number of hydrogen-bond acceptors (Lipinski definition) is 3. The first-order chi connectivity index (χ1) is 9.15. The minimum Gasteiger partial charge on any atom is -0.324 e. The maximum Gasteiger partial charge on any atom is 0.238 e. The molecule has 0 spiro atoms. The van der Waals surface area contributed by atoms with E-state index >= 15 is 0 Å². The van der Waals surface area contributed by atoms with Gasteiger partial charge < -0.3 is 10.6 Å². The van der Waals surface area contributed by atoms with Crippen molar-refractivity contribution < 1.29 is 9.18 Å². The van der Waals surface area contributed by atoms with Crippen LogP contribution in [0.3, 0.4) is 0 Å². The first kappa shape index (κ1) is 17.2. The van der Waals surface area contributed by atoms with E-state index in [0.29, 0.717) is 12.2 Å². The second-order valence-corrected chi connectivity index (χ2v) is 4.96. The maximum atomic E-state index is 12.9. The highest BCUT2D eigenvalue weighted by atomic mass is 35.5. The number of rotatable bonds is 3. The Kier molecular flexibility index (Phi) is 7.23. The Bertz CT molecular complexity index is 451. The minimum absolute atomic E-state index is 0. The summed E-state index contributed by atoms with van der Waals surface area (Å²) in [6.45, 7) is 3.96. The molecule has 7 heteroatoms. The number of halogens is 3. The van der Waals surface area contributed by atoms with E-state index in [9.17, 15) is 9.18 Å². The third-order valence-electron chi connectivity index (χ3n) is 3.01. The van der Waals surface area contributed by atoms with E-state index in [1.54, 1.807) is 0 Å². The molecule has 0 saturated carbocycles. The summed E-state index contributed by atoms with van der Waals surface area (Å²) in [7, 11) is 0. The fraction of sp³-hybridized carbons (Fsp3) is 0.462. The molecule has 4 nitrogen and oxygen atoms in total. The molecule has 1 fully saturated rings. The van der Waals surface area contributed by atoms with E-state index < -0.39 is 5.82 Å². The third kappa shape index (κ3) is 5.25. The molecule has 1 saturated heterocycles. The number of carbonyl (C=O) groups excluding carboxylic acids is 1. The van der Waals surface area contributed by atoms with Gasteiger partial charge in [0.25, 0.3) is 0 Å². The van der Waals surface area contributed by atoms with Crippen LogP contribution < -0.4 is 10.6 Å². The molecule has 1 amide bonds. The number of carbonyl (C=O) groups is 1. The van der Waals surface area contributed by atoms with Crippen molar-refractivity contribution in [3.8, 4) is 0 Å². The third-order valence-corrected chi connectivity index (χ3v) is 3.32. The van der Waals surface area contributed by atoms with Gasteiger partial charge in [0.05, 0.1) is 17.3 Å². The molecule has 20 heavy (non-hydrogen) atoms. The molecule has 1 aromatic carbocycles. The number of benzene rings is 1. The van der Waals surface area contributed by atoms with E-state index in [4.69, 9.17) is 11.6 Å². The van der Waals surface area contributed by atoms with Gasteiger partial charge in [-0.25, -0.2) is 4.39 Å². The molecule has 1 aliphatic rings. The van der Waals surface area contributed by atoms with Crippen LogP contribution in [0.1, 0.15) is 6.42 Å². The Balaban J connectivity index is 0.00000200. The SMILES string of the molecule is Cl.O=C(CN1CCCNCC1)Nc1ccc(F)cc1Cl. The van der Waals surface area contributed by atoms with Crippen molar-refractivity contribution in [3.05, 3.63) is 29.0 Å². The Morgan fingerprint density at radius 3 is 2.95 bits per heavy atom. The molecule has 112 valence electrons. The zero-order valence-electron chi connectivity index (χ0n) is 11.0. The molecule has 2 rings (SSSR count). The Labute approximate surface area is 129 Å². The van der Waals surface area contributed by atoms with Gasteiger partial charge in [0, 0.05) is 13.1 Å². The van der Waals surface area contributed by atoms with Gasteiger partial charge in [-0.15, -0.1) is 12.4 Å². The molecule has 0 atom stereocenters. The summed E-state index contributed by atoms with van der Waals surface area (Å²) in [5.74, 6) is -0.544. The van der Waals surface area contributed by atoms with Gasteiger partial charge in [-0.05, 0) is 37.7 Å². The van der Waals surface area contributed by atoms with Gasteiger partial charge >= 0.3 is 0 Å². The average molecular weight is 322 g/mol. The highest BCUT2D eigenvalue weighted by Crippen LogP contribution is 2.22. The lowest BCUT2D eigenvalue weighted by Crippen LogP contribution is -2.35. The minimum atomic E-state index is -0.415. The number of amides is 1. The van der Waals surface area contributed by atoms with Gasteiger partial charge in [0.2, 0.25) is 5.91 Å². The van der Waals surface area contributed by atoms with Crippen LogP contribution in [0.5, 0.6) is 0 Å². The number of hydrogen-bond donors (Lipinski definition) is 2. The second-order valence-electron chi connectivity index (χ2n) is 4.55. The zero-order chi connectivity index (χ0) is 13.7. The summed E-state index contributed by atoms with van der Waals surface area (Å²) in [6.07, 6.45) is 1.03. The second kappa shape index (κ2) is 8.42. The summed E-state index contributed by atoms with van der Waals surface area (Å²) < 4.78 is 12.9. The van der Waals surface area contributed by atoms with Crippen LogP contribution in [0.4, 0.5) is 10.1 Å². The number of anilines is 1. The summed E-state index contributed by atoms with van der Waals surface area (Å²) in [5, 5.41) is 6.20. The maximum absolute atomic E-state index is 12.9. The molecule has 0 unspecified atom stereocenters. The monoisotopic (exact) mass is 321 g/mol. The van der Waals surface area contributed by atoms with Gasteiger partial charge in [0.15, 0.2) is 0 Å². The largest absolute Gasteiger partial charge is 0.324 e. The van der Waals surface area contributed by atoms with Crippen molar-refractivity contribution in [2.24, 2.45) is 0 Å². The molecule has 2 N–H and O–H groups in total. The quantitative estimate of drug-likeness (QED) is 0.896. The average Bonchev–Trinajstić information content (AvgIpc) is 2.61. The normalized spacial score (nSPS) is 16.1. The van der Waals surface area contributed by atoms with E-state index in [1.165, 1.54) is 18.2 Å². The Morgan fingerprint density at radius 1 is 1.40 bits per heavy atom. The van der Waals surface area contributed by atoms with Gasteiger partial charge in [-0.1, -0.05) is 11.6 Å². The summed E-state index contributed by atoms with van der Waals surface area (Å²) in [6, 6.07) is 3.93. The molecule has 1 heterocycles. The summed E-state index contributed by atoms with van der Waals surface area (Å²) in [5.41, 5.74) is 0.445. The van der Waals surface area contributed by atoms with Gasteiger partial charge in [0.1, 0.15) is 5.82 Å². The van der Waals surface area contributed by atoms with Crippen molar-refractivity contribution in [1.82, 2.24) is 10.2 Å². The highest BCUT2D eigenvalue weighted by Gasteiger charge is 2.13. The molecular weight excluding hydrogens is 304 g/mol. The van der Waals surface area contributed by atoms with Crippen LogP contribution >= 0.6 is 24.0 Å². The van der Waals surface area contributed by atoms with E-state index in [-0.39, 0.29) is 23.3 Å². The van der Waals surface area contributed by atoms with Gasteiger partial charge in [-0.3, -0.25) is 9.69 Å². The van der Waals surface area contributed by atoms with Crippen molar-refractivity contribution >= 4 is 35.6 Å². The topological polar surface area (TPSA) is 44.4 Å². The molecule has 1 aliphatic heterocycles. The van der Waals surface area contributed by atoms with Crippen LogP contribution in [-0.2, 0) is 4.79 Å². The van der Waals surface area contributed by atoms with Crippen molar-refractivity contribution in [3.63, 3.8) is 0 Å².